The summed E-state index contributed by atoms with van der Waals surface area (Å²) >= 11 is 6.30. The van der Waals surface area contributed by atoms with Gasteiger partial charge < -0.3 is 15.0 Å². The number of pyridine rings is 1. The van der Waals surface area contributed by atoms with Gasteiger partial charge in [-0.2, -0.15) is 0 Å². The average molecular weight is 411 g/mol. The molecule has 5 nitrogen and oxygen atoms in total. The van der Waals surface area contributed by atoms with Crippen molar-refractivity contribution in [1.82, 2.24) is 9.38 Å². The van der Waals surface area contributed by atoms with Crippen LogP contribution in [0.5, 0.6) is 0 Å². The lowest BCUT2D eigenvalue weighted by Gasteiger charge is -2.29. The van der Waals surface area contributed by atoms with Crippen LogP contribution >= 0.6 is 11.6 Å². The Kier molecular flexibility index (Phi) is 5.34. The van der Waals surface area contributed by atoms with Gasteiger partial charge in [-0.3, -0.25) is 4.40 Å². The highest BCUT2D eigenvalue weighted by Gasteiger charge is 2.20. The minimum absolute atomic E-state index is 0.494. The molecule has 0 unspecified atom stereocenters. The first kappa shape index (κ1) is 18.8. The zero-order valence-electron chi connectivity index (χ0n) is 16.6. The molecule has 1 aliphatic heterocycles. The number of anilines is 2. The molecule has 3 heterocycles. The molecule has 0 amide bonds. The molecule has 5 rings (SSSR count). The van der Waals surface area contributed by atoms with E-state index < -0.39 is 0 Å². The van der Waals surface area contributed by atoms with E-state index >= 15 is 0 Å². The topological polar surface area (TPSA) is 41.8 Å². The van der Waals surface area contributed by atoms with E-state index in [1.807, 2.05) is 18.3 Å². The van der Waals surface area contributed by atoms with Crippen LogP contribution in [0.25, 0.3) is 16.9 Å². The third-order valence-corrected chi connectivity index (χ3v) is 6.27. The lowest BCUT2D eigenvalue weighted by Crippen LogP contribution is -2.36. The van der Waals surface area contributed by atoms with Crippen molar-refractivity contribution in [3.05, 3.63) is 47.6 Å². The molecule has 0 radical (unpaired) electrons. The van der Waals surface area contributed by atoms with Gasteiger partial charge in [-0.05, 0) is 37.1 Å². The van der Waals surface area contributed by atoms with Crippen LogP contribution < -0.4 is 10.2 Å². The van der Waals surface area contributed by atoms with Crippen molar-refractivity contribution < 1.29 is 4.74 Å². The summed E-state index contributed by atoms with van der Waals surface area (Å²) in [7, 11) is 0. The van der Waals surface area contributed by atoms with Gasteiger partial charge in [-0.25, -0.2) is 4.98 Å². The zero-order valence-corrected chi connectivity index (χ0v) is 17.4. The molecule has 29 heavy (non-hydrogen) atoms. The molecule has 1 aromatic carbocycles. The van der Waals surface area contributed by atoms with Crippen LogP contribution in [0, 0.1) is 0 Å². The van der Waals surface area contributed by atoms with E-state index in [9.17, 15) is 0 Å². The molecule has 0 spiro atoms. The Morgan fingerprint density at radius 2 is 1.72 bits per heavy atom. The summed E-state index contributed by atoms with van der Waals surface area (Å²) in [6, 6.07) is 13.1. The number of aromatic nitrogens is 2. The summed E-state index contributed by atoms with van der Waals surface area (Å²) in [6.07, 6.45) is 8.30. The number of hydrogen-bond donors (Lipinski definition) is 1. The number of fused-ring (bicyclic) bond motifs is 1. The second-order valence-corrected chi connectivity index (χ2v) is 8.45. The van der Waals surface area contributed by atoms with Gasteiger partial charge in [0.1, 0.15) is 17.2 Å². The molecule has 1 N–H and O–H groups in total. The summed E-state index contributed by atoms with van der Waals surface area (Å²) in [5.41, 5.74) is 4.28. The maximum absolute atomic E-state index is 6.30. The molecule has 1 saturated carbocycles. The van der Waals surface area contributed by atoms with Crippen molar-refractivity contribution in [2.24, 2.45) is 0 Å². The van der Waals surface area contributed by atoms with Crippen LogP contribution in [0.2, 0.25) is 5.02 Å². The molecule has 0 bridgehead atoms. The number of imidazole rings is 1. The van der Waals surface area contributed by atoms with Gasteiger partial charge in [0.05, 0.1) is 18.2 Å². The van der Waals surface area contributed by atoms with Crippen LogP contribution in [-0.4, -0.2) is 41.7 Å². The van der Waals surface area contributed by atoms with Crippen molar-refractivity contribution in [1.29, 1.82) is 0 Å². The Hall–Kier alpha value is -2.24. The minimum atomic E-state index is 0.494. The van der Waals surface area contributed by atoms with Crippen LogP contribution in [0.4, 0.5) is 11.5 Å². The fourth-order valence-electron chi connectivity index (χ4n) is 4.45. The molecule has 1 aliphatic carbocycles. The highest BCUT2D eigenvalue weighted by molar-refractivity contribution is 6.30. The quantitative estimate of drug-likeness (QED) is 0.639. The van der Waals surface area contributed by atoms with E-state index in [1.165, 1.54) is 37.8 Å². The number of nitrogens with zero attached hydrogens (tertiary/aromatic N) is 3. The number of halogens is 1. The van der Waals surface area contributed by atoms with Gasteiger partial charge in [0.2, 0.25) is 0 Å². The monoisotopic (exact) mass is 410 g/mol. The molecular formula is C23H27ClN4O. The summed E-state index contributed by atoms with van der Waals surface area (Å²) in [5, 5.41) is 4.51. The van der Waals surface area contributed by atoms with Gasteiger partial charge >= 0.3 is 0 Å². The third kappa shape index (κ3) is 3.94. The standard InChI is InChI=1S/C23H27ClN4O/c24-18-8-11-21-26-22(23(28(21)16-18)25-19-4-2-1-3-5-19)17-6-9-20(10-7-17)27-12-14-29-15-13-27/h6-11,16,19,25H,1-5,12-15H2. The Morgan fingerprint density at radius 1 is 0.966 bits per heavy atom. The van der Waals surface area contributed by atoms with Crippen LogP contribution in [0.1, 0.15) is 32.1 Å². The maximum atomic E-state index is 6.30. The van der Waals surface area contributed by atoms with Crippen LogP contribution in [0.15, 0.2) is 42.6 Å². The predicted octanol–water partition coefficient (Wildman–Crippen LogP) is 5.24. The molecule has 2 aromatic heterocycles. The highest BCUT2D eigenvalue weighted by Crippen LogP contribution is 2.33. The van der Waals surface area contributed by atoms with Crippen molar-refractivity contribution in [2.45, 2.75) is 38.1 Å². The molecule has 2 aliphatic rings. The van der Waals surface area contributed by atoms with Gasteiger partial charge in [0.25, 0.3) is 0 Å². The van der Waals surface area contributed by atoms with Crippen LogP contribution in [0.3, 0.4) is 0 Å². The van der Waals surface area contributed by atoms with E-state index in [0.717, 1.165) is 54.0 Å². The van der Waals surface area contributed by atoms with E-state index in [1.54, 1.807) is 0 Å². The molecule has 3 aromatic rings. The minimum Gasteiger partial charge on any atom is -0.378 e. The molecular weight excluding hydrogens is 384 g/mol. The first-order valence-electron chi connectivity index (χ1n) is 10.7. The molecule has 6 heteroatoms. The molecule has 1 saturated heterocycles. The van der Waals surface area contributed by atoms with E-state index in [4.69, 9.17) is 21.3 Å². The highest BCUT2D eigenvalue weighted by atomic mass is 35.5. The number of benzene rings is 1. The van der Waals surface area contributed by atoms with Gasteiger partial charge in [0.15, 0.2) is 0 Å². The molecule has 152 valence electrons. The second-order valence-electron chi connectivity index (χ2n) is 8.01. The first-order chi connectivity index (χ1) is 14.3. The van der Waals surface area contributed by atoms with Crippen molar-refractivity contribution in [3.8, 4) is 11.3 Å². The first-order valence-corrected chi connectivity index (χ1v) is 11.0. The van der Waals surface area contributed by atoms with E-state index in [0.29, 0.717) is 6.04 Å². The second kappa shape index (κ2) is 8.25. The Morgan fingerprint density at radius 3 is 2.48 bits per heavy atom. The average Bonchev–Trinajstić information content (AvgIpc) is 3.13. The maximum Gasteiger partial charge on any atom is 0.139 e. The molecule has 2 fully saturated rings. The predicted molar refractivity (Wildman–Crippen MR) is 119 cm³/mol. The third-order valence-electron chi connectivity index (χ3n) is 6.05. The fourth-order valence-corrected chi connectivity index (χ4v) is 4.61. The van der Waals surface area contributed by atoms with Crippen molar-refractivity contribution in [2.75, 3.05) is 36.5 Å². The number of morpholine rings is 1. The van der Waals surface area contributed by atoms with Crippen molar-refractivity contribution in [3.63, 3.8) is 0 Å². The van der Waals surface area contributed by atoms with Gasteiger partial charge in [-0.15, -0.1) is 0 Å². The fraction of sp³-hybridized carbons (Fsp3) is 0.435. The number of ether oxygens (including phenoxy) is 1. The number of nitrogens with one attached hydrogen (secondary N) is 1. The van der Waals surface area contributed by atoms with Gasteiger partial charge in [0, 0.05) is 36.6 Å². The largest absolute Gasteiger partial charge is 0.378 e. The number of hydrogen-bond acceptors (Lipinski definition) is 4. The Labute approximate surface area is 176 Å². The Balaban J connectivity index is 1.50. The normalized spacial score (nSPS) is 18.3. The molecule has 0 atom stereocenters. The van der Waals surface area contributed by atoms with Crippen molar-refractivity contribution >= 4 is 28.8 Å². The SMILES string of the molecule is Clc1ccc2nc(-c3ccc(N4CCOCC4)cc3)c(NC3CCCCC3)n2c1. The lowest BCUT2D eigenvalue weighted by atomic mass is 9.95. The summed E-state index contributed by atoms with van der Waals surface area (Å²) < 4.78 is 7.57. The summed E-state index contributed by atoms with van der Waals surface area (Å²) in [4.78, 5) is 7.31. The lowest BCUT2D eigenvalue weighted by molar-refractivity contribution is 0.122. The zero-order chi connectivity index (χ0) is 19.6. The van der Waals surface area contributed by atoms with E-state index in [2.05, 4.69) is 38.9 Å². The van der Waals surface area contributed by atoms with E-state index in [-0.39, 0.29) is 0 Å². The van der Waals surface area contributed by atoms with Gasteiger partial charge in [-0.1, -0.05) is 43.0 Å². The number of rotatable bonds is 4. The Bertz CT molecular complexity index is 972. The summed E-state index contributed by atoms with van der Waals surface area (Å²) in [6.45, 7) is 3.48. The summed E-state index contributed by atoms with van der Waals surface area (Å²) in [5.74, 6) is 1.05. The van der Waals surface area contributed by atoms with Crippen LogP contribution in [-0.2, 0) is 4.74 Å². The smallest absolute Gasteiger partial charge is 0.139 e.